The molecule has 1 saturated heterocycles. The molecule has 5 heteroatoms. The number of likely N-dealkylation sites (tertiary alicyclic amines) is 1. The highest BCUT2D eigenvalue weighted by Gasteiger charge is 2.42. The van der Waals surface area contributed by atoms with E-state index in [1.165, 1.54) is 0 Å². The Bertz CT molecular complexity index is 527. The van der Waals surface area contributed by atoms with Crippen molar-refractivity contribution in [1.82, 2.24) is 4.90 Å². The lowest BCUT2D eigenvalue weighted by Crippen LogP contribution is -2.51. The van der Waals surface area contributed by atoms with Gasteiger partial charge in [-0.05, 0) is 38.5 Å². The summed E-state index contributed by atoms with van der Waals surface area (Å²) in [5.41, 5.74) is 6.38. The van der Waals surface area contributed by atoms with Crippen molar-refractivity contribution >= 4 is 5.91 Å². The molecular formula is C14H18N2O3. The molecule has 0 radical (unpaired) electrons. The summed E-state index contributed by atoms with van der Waals surface area (Å²) in [7, 11) is 0. The number of hydrogen-bond donors (Lipinski definition) is 1. The maximum Gasteiger partial charge on any atom is 0.254 e. The highest BCUT2D eigenvalue weighted by molar-refractivity contribution is 5.95. The Morgan fingerprint density at radius 1 is 1.37 bits per heavy atom. The van der Waals surface area contributed by atoms with Crippen LogP contribution in [0.25, 0.3) is 0 Å². The average Bonchev–Trinajstić information content (AvgIpc) is 2.94. The lowest BCUT2D eigenvalue weighted by Gasteiger charge is -2.34. The van der Waals surface area contributed by atoms with Crippen LogP contribution in [0.1, 0.15) is 30.6 Å². The number of rotatable bonds is 1. The molecule has 3 rings (SSSR count). The van der Waals surface area contributed by atoms with Crippen LogP contribution in [-0.2, 0) is 0 Å². The lowest BCUT2D eigenvalue weighted by molar-refractivity contribution is 0.0636. The van der Waals surface area contributed by atoms with E-state index in [1.54, 1.807) is 18.2 Å². The molecule has 0 saturated carbocycles. The van der Waals surface area contributed by atoms with Crippen LogP contribution in [0.4, 0.5) is 0 Å². The number of carbonyl (C=O) groups is 1. The molecular weight excluding hydrogens is 244 g/mol. The van der Waals surface area contributed by atoms with Crippen LogP contribution in [0.5, 0.6) is 11.5 Å². The predicted octanol–water partition coefficient (Wildman–Crippen LogP) is 1.37. The van der Waals surface area contributed by atoms with Crippen LogP contribution in [0.2, 0.25) is 0 Å². The monoisotopic (exact) mass is 262 g/mol. The smallest absolute Gasteiger partial charge is 0.254 e. The molecule has 0 aromatic heterocycles. The molecule has 1 amide bonds. The summed E-state index contributed by atoms with van der Waals surface area (Å²) >= 11 is 0. The van der Waals surface area contributed by atoms with E-state index >= 15 is 0 Å². The van der Waals surface area contributed by atoms with Crippen molar-refractivity contribution in [2.75, 3.05) is 13.3 Å². The molecule has 1 aromatic rings. The number of hydrogen-bond acceptors (Lipinski definition) is 4. The van der Waals surface area contributed by atoms with Gasteiger partial charge in [0.1, 0.15) is 0 Å². The normalized spacial score (nSPS) is 23.7. The lowest BCUT2D eigenvalue weighted by atomic mass is 9.96. The van der Waals surface area contributed by atoms with Gasteiger partial charge in [0.05, 0.1) is 5.54 Å². The van der Waals surface area contributed by atoms with Crippen LogP contribution < -0.4 is 15.2 Å². The van der Waals surface area contributed by atoms with Crippen molar-refractivity contribution in [1.29, 1.82) is 0 Å². The Kier molecular flexibility index (Phi) is 2.67. The second-order valence-electron chi connectivity index (χ2n) is 5.57. The van der Waals surface area contributed by atoms with Crippen LogP contribution in [0.15, 0.2) is 18.2 Å². The maximum absolute atomic E-state index is 12.6. The van der Waals surface area contributed by atoms with Gasteiger partial charge in [-0.1, -0.05) is 0 Å². The van der Waals surface area contributed by atoms with E-state index < -0.39 is 0 Å². The zero-order chi connectivity index (χ0) is 13.6. The number of amides is 1. The minimum Gasteiger partial charge on any atom is -0.454 e. The van der Waals surface area contributed by atoms with E-state index in [0.717, 1.165) is 6.42 Å². The second-order valence-corrected chi connectivity index (χ2v) is 5.57. The van der Waals surface area contributed by atoms with Gasteiger partial charge >= 0.3 is 0 Å². The van der Waals surface area contributed by atoms with Gasteiger partial charge in [0.15, 0.2) is 11.5 Å². The minimum atomic E-state index is -0.312. The number of ether oxygens (including phenoxy) is 2. The summed E-state index contributed by atoms with van der Waals surface area (Å²) in [4.78, 5) is 14.4. The fourth-order valence-electron chi connectivity index (χ4n) is 2.66. The molecule has 2 aliphatic rings. The van der Waals surface area contributed by atoms with E-state index in [2.05, 4.69) is 0 Å². The summed E-state index contributed by atoms with van der Waals surface area (Å²) in [6, 6.07) is 5.31. The van der Waals surface area contributed by atoms with E-state index in [9.17, 15) is 4.79 Å². The van der Waals surface area contributed by atoms with E-state index in [4.69, 9.17) is 15.2 Å². The van der Waals surface area contributed by atoms with E-state index in [-0.39, 0.29) is 24.3 Å². The highest BCUT2D eigenvalue weighted by Crippen LogP contribution is 2.34. The molecule has 1 aromatic carbocycles. The Morgan fingerprint density at radius 3 is 2.79 bits per heavy atom. The highest BCUT2D eigenvalue weighted by atomic mass is 16.7. The number of carbonyl (C=O) groups excluding carboxylic acids is 1. The van der Waals surface area contributed by atoms with Crippen LogP contribution in [-0.4, -0.2) is 35.7 Å². The molecule has 0 spiro atoms. The fraction of sp³-hybridized carbons (Fsp3) is 0.500. The van der Waals surface area contributed by atoms with E-state index in [1.807, 2.05) is 18.7 Å². The molecule has 1 atom stereocenters. The van der Waals surface area contributed by atoms with Crippen molar-refractivity contribution in [2.24, 2.45) is 5.73 Å². The first-order chi connectivity index (χ1) is 9.00. The molecule has 2 heterocycles. The van der Waals surface area contributed by atoms with Crippen LogP contribution >= 0.6 is 0 Å². The van der Waals surface area contributed by atoms with E-state index in [0.29, 0.717) is 23.6 Å². The molecule has 5 nitrogen and oxygen atoms in total. The molecule has 2 aliphatic heterocycles. The Morgan fingerprint density at radius 2 is 2.11 bits per heavy atom. The zero-order valence-electron chi connectivity index (χ0n) is 11.2. The average molecular weight is 262 g/mol. The Labute approximate surface area is 112 Å². The first-order valence-electron chi connectivity index (χ1n) is 6.47. The van der Waals surface area contributed by atoms with Gasteiger partial charge in [0.25, 0.3) is 5.91 Å². The third-order valence-corrected chi connectivity index (χ3v) is 4.13. The summed E-state index contributed by atoms with van der Waals surface area (Å²) < 4.78 is 10.6. The molecule has 1 unspecified atom stereocenters. The molecule has 0 aliphatic carbocycles. The zero-order valence-corrected chi connectivity index (χ0v) is 11.2. The number of nitrogens with two attached hydrogens (primary N) is 1. The van der Waals surface area contributed by atoms with Gasteiger partial charge in [0, 0.05) is 18.2 Å². The molecule has 1 fully saturated rings. The topological polar surface area (TPSA) is 64.8 Å². The molecule has 102 valence electrons. The predicted molar refractivity (Wildman–Crippen MR) is 70.3 cm³/mol. The summed E-state index contributed by atoms with van der Waals surface area (Å²) in [6.07, 6.45) is 0.837. The summed E-state index contributed by atoms with van der Waals surface area (Å²) in [5.74, 6) is 1.32. The first kappa shape index (κ1) is 12.3. The molecule has 19 heavy (non-hydrogen) atoms. The minimum absolute atomic E-state index is 0.00347. The van der Waals surface area contributed by atoms with Crippen molar-refractivity contribution < 1.29 is 14.3 Å². The molecule has 0 bridgehead atoms. The Hall–Kier alpha value is -1.75. The molecule has 2 N–H and O–H groups in total. The fourth-order valence-corrected chi connectivity index (χ4v) is 2.66. The quantitative estimate of drug-likeness (QED) is 0.830. The van der Waals surface area contributed by atoms with Crippen molar-refractivity contribution in [3.05, 3.63) is 23.8 Å². The van der Waals surface area contributed by atoms with Crippen molar-refractivity contribution in [3.63, 3.8) is 0 Å². The van der Waals surface area contributed by atoms with Gasteiger partial charge < -0.3 is 20.1 Å². The van der Waals surface area contributed by atoms with Gasteiger partial charge in [0.2, 0.25) is 6.79 Å². The summed E-state index contributed by atoms with van der Waals surface area (Å²) in [5, 5.41) is 0. The Balaban J connectivity index is 1.89. The van der Waals surface area contributed by atoms with Crippen LogP contribution in [0.3, 0.4) is 0 Å². The van der Waals surface area contributed by atoms with Gasteiger partial charge in [-0.15, -0.1) is 0 Å². The number of fused-ring (bicyclic) bond motifs is 1. The SMILES string of the molecule is CC1(C)C(N)CCN1C(=O)c1ccc2c(c1)OCO2. The van der Waals surface area contributed by atoms with Crippen molar-refractivity contribution in [2.45, 2.75) is 31.8 Å². The maximum atomic E-state index is 12.6. The van der Waals surface area contributed by atoms with Gasteiger partial charge in [-0.25, -0.2) is 0 Å². The third kappa shape index (κ3) is 1.85. The standard InChI is InChI=1S/C14H18N2O3/c1-14(2)12(15)5-6-16(14)13(17)9-3-4-10-11(7-9)19-8-18-10/h3-4,7,12H,5-6,8,15H2,1-2H3. The summed E-state index contributed by atoms with van der Waals surface area (Å²) in [6.45, 7) is 4.93. The van der Waals surface area contributed by atoms with Gasteiger partial charge in [-0.3, -0.25) is 4.79 Å². The largest absolute Gasteiger partial charge is 0.454 e. The third-order valence-electron chi connectivity index (χ3n) is 4.13. The van der Waals surface area contributed by atoms with Crippen molar-refractivity contribution in [3.8, 4) is 11.5 Å². The van der Waals surface area contributed by atoms with Gasteiger partial charge in [-0.2, -0.15) is 0 Å². The second kappa shape index (κ2) is 4.13. The number of nitrogens with zero attached hydrogens (tertiary/aromatic N) is 1. The number of benzene rings is 1. The first-order valence-corrected chi connectivity index (χ1v) is 6.47. The van der Waals surface area contributed by atoms with Crippen LogP contribution in [0, 0.1) is 0 Å².